The van der Waals surface area contributed by atoms with Crippen LogP contribution in [0, 0.1) is 5.82 Å². The summed E-state index contributed by atoms with van der Waals surface area (Å²) < 4.78 is 23.3. The normalized spacial score (nSPS) is 10.2. The molecule has 0 aliphatic heterocycles. The van der Waals surface area contributed by atoms with E-state index in [2.05, 4.69) is 0 Å². The number of hydrogen-bond acceptors (Lipinski definition) is 3. The number of rotatable bonds is 5. The maximum atomic E-state index is 12.9. The highest BCUT2D eigenvalue weighted by Crippen LogP contribution is 2.29. The molecule has 0 saturated carbocycles. The SMILES string of the molecule is COc1cccc(OC)c1C(=O)Cc1ccc(F)cc1. The van der Waals surface area contributed by atoms with Crippen molar-refractivity contribution in [3.63, 3.8) is 0 Å². The minimum absolute atomic E-state index is 0.133. The second-order valence-corrected chi connectivity index (χ2v) is 4.26. The summed E-state index contributed by atoms with van der Waals surface area (Å²) in [6.07, 6.45) is 0.164. The number of ketones is 1. The Bertz CT molecular complexity index is 583. The molecule has 20 heavy (non-hydrogen) atoms. The van der Waals surface area contributed by atoms with Gasteiger partial charge in [-0.3, -0.25) is 4.79 Å². The standard InChI is InChI=1S/C16H15FO3/c1-19-14-4-3-5-15(20-2)16(14)13(18)10-11-6-8-12(17)9-7-11/h3-9H,10H2,1-2H3. The molecule has 0 unspecified atom stereocenters. The molecule has 2 aromatic carbocycles. The Morgan fingerprint density at radius 3 is 2.05 bits per heavy atom. The molecule has 0 aliphatic rings. The summed E-state index contributed by atoms with van der Waals surface area (Å²) in [4.78, 5) is 12.4. The van der Waals surface area contributed by atoms with Crippen LogP contribution in [0.15, 0.2) is 42.5 Å². The van der Waals surface area contributed by atoms with Crippen molar-refractivity contribution in [2.24, 2.45) is 0 Å². The summed E-state index contributed by atoms with van der Waals surface area (Å²) in [6, 6.07) is 11.0. The van der Waals surface area contributed by atoms with Gasteiger partial charge in [0.2, 0.25) is 0 Å². The third kappa shape index (κ3) is 2.96. The molecule has 0 aliphatic carbocycles. The van der Waals surface area contributed by atoms with Crippen LogP contribution < -0.4 is 9.47 Å². The van der Waals surface area contributed by atoms with E-state index in [0.717, 1.165) is 5.56 Å². The van der Waals surface area contributed by atoms with Crippen LogP contribution in [-0.2, 0) is 6.42 Å². The molecule has 2 aromatic rings. The first kappa shape index (κ1) is 14.1. The number of carbonyl (C=O) groups is 1. The van der Waals surface area contributed by atoms with Crippen molar-refractivity contribution in [3.8, 4) is 11.5 Å². The van der Waals surface area contributed by atoms with Gasteiger partial charge in [0.1, 0.15) is 22.9 Å². The van der Waals surface area contributed by atoms with Crippen molar-refractivity contribution in [3.05, 3.63) is 59.4 Å². The predicted molar refractivity (Wildman–Crippen MR) is 74.0 cm³/mol. The molecule has 0 saturated heterocycles. The van der Waals surface area contributed by atoms with E-state index in [9.17, 15) is 9.18 Å². The molecule has 0 fully saturated rings. The molecule has 0 amide bonds. The first-order chi connectivity index (χ1) is 9.65. The van der Waals surface area contributed by atoms with Crippen LogP contribution in [0.4, 0.5) is 4.39 Å². The monoisotopic (exact) mass is 274 g/mol. The van der Waals surface area contributed by atoms with Crippen molar-refractivity contribution in [1.29, 1.82) is 0 Å². The van der Waals surface area contributed by atoms with Crippen molar-refractivity contribution in [2.75, 3.05) is 14.2 Å². The summed E-state index contributed by atoms with van der Waals surface area (Å²) in [5, 5.41) is 0. The van der Waals surface area contributed by atoms with E-state index < -0.39 is 0 Å². The van der Waals surface area contributed by atoms with Gasteiger partial charge in [0.15, 0.2) is 5.78 Å². The largest absolute Gasteiger partial charge is 0.496 e. The molecule has 4 heteroatoms. The highest BCUT2D eigenvalue weighted by molar-refractivity contribution is 6.02. The predicted octanol–water partition coefficient (Wildman–Crippen LogP) is 3.27. The highest BCUT2D eigenvalue weighted by Gasteiger charge is 2.18. The third-order valence-corrected chi connectivity index (χ3v) is 2.98. The second kappa shape index (κ2) is 6.19. The van der Waals surface area contributed by atoms with Crippen LogP contribution >= 0.6 is 0 Å². The van der Waals surface area contributed by atoms with Crippen molar-refractivity contribution >= 4 is 5.78 Å². The number of ether oxygens (including phenoxy) is 2. The van der Waals surface area contributed by atoms with E-state index in [4.69, 9.17) is 9.47 Å². The molecular weight excluding hydrogens is 259 g/mol. The molecule has 104 valence electrons. The minimum atomic E-state index is -0.323. The molecule has 0 aromatic heterocycles. The molecule has 0 N–H and O–H groups in total. The van der Waals surface area contributed by atoms with Crippen LogP contribution in [0.5, 0.6) is 11.5 Å². The fourth-order valence-electron chi connectivity index (χ4n) is 2.00. The zero-order valence-corrected chi connectivity index (χ0v) is 11.4. The number of Topliss-reactive ketones (excluding diaryl/α,β-unsaturated/α-hetero) is 1. The quantitative estimate of drug-likeness (QED) is 0.785. The van der Waals surface area contributed by atoms with E-state index in [1.165, 1.54) is 26.4 Å². The molecule has 0 heterocycles. The van der Waals surface area contributed by atoms with Crippen LogP contribution in [0.2, 0.25) is 0 Å². The maximum absolute atomic E-state index is 12.9. The lowest BCUT2D eigenvalue weighted by atomic mass is 10.0. The van der Waals surface area contributed by atoms with Gasteiger partial charge in [-0.05, 0) is 29.8 Å². The summed E-state index contributed by atoms with van der Waals surface area (Å²) >= 11 is 0. The van der Waals surface area contributed by atoms with Gasteiger partial charge >= 0.3 is 0 Å². The molecular formula is C16H15FO3. The lowest BCUT2D eigenvalue weighted by Gasteiger charge is -2.12. The summed E-state index contributed by atoms with van der Waals surface area (Å²) in [6.45, 7) is 0. The first-order valence-corrected chi connectivity index (χ1v) is 6.14. The van der Waals surface area contributed by atoms with E-state index >= 15 is 0 Å². The van der Waals surface area contributed by atoms with Crippen molar-refractivity contribution in [2.45, 2.75) is 6.42 Å². The highest BCUT2D eigenvalue weighted by atomic mass is 19.1. The fourth-order valence-corrected chi connectivity index (χ4v) is 2.00. The lowest BCUT2D eigenvalue weighted by molar-refractivity contribution is 0.0987. The Labute approximate surface area is 117 Å². The average molecular weight is 274 g/mol. The van der Waals surface area contributed by atoms with Gasteiger partial charge < -0.3 is 9.47 Å². The summed E-state index contributed by atoms with van der Waals surface area (Å²) in [7, 11) is 3.01. The lowest BCUT2D eigenvalue weighted by Crippen LogP contribution is -2.08. The number of hydrogen-bond donors (Lipinski definition) is 0. The van der Waals surface area contributed by atoms with Crippen LogP contribution in [0.1, 0.15) is 15.9 Å². The molecule has 0 spiro atoms. The maximum Gasteiger partial charge on any atom is 0.174 e. The second-order valence-electron chi connectivity index (χ2n) is 4.26. The Kier molecular flexibility index (Phi) is 4.35. The minimum Gasteiger partial charge on any atom is -0.496 e. The topological polar surface area (TPSA) is 35.5 Å². The Morgan fingerprint density at radius 1 is 1.00 bits per heavy atom. The zero-order chi connectivity index (χ0) is 14.5. The van der Waals surface area contributed by atoms with E-state index in [1.807, 2.05) is 0 Å². The molecule has 2 rings (SSSR count). The van der Waals surface area contributed by atoms with Gasteiger partial charge in [-0.25, -0.2) is 4.39 Å². The third-order valence-electron chi connectivity index (χ3n) is 2.98. The average Bonchev–Trinajstić information content (AvgIpc) is 2.48. The van der Waals surface area contributed by atoms with Crippen molar-refractivity contribution in [1.82, 2.24) is 0 Å². The number of halogens is 1. The Balaban J connectivity index is 2.31. The van der Waals surface area contributed by atoms with Gasteiger partial charge in [-0.15, -0.1) is 0 Å². The number of carbonyl (C=O) groups excluding carboxylic acids is 1. The summed E-state index contributed by atoms with van der Waals surface area (Å²) in [5.41, 5.74) is 1.14. The Morgan fingerprint density at radius 2 is 1.55 bits per heavy atom. The number of methoxy groups -OCH3 is 2. The van der Waals surface area contributed by atoms with Gasteiger partial charge in [0.25, 0.3) is 0 Å². The van der Waals surface area contributed by atoms with Gasteiger partial charge in [-0.2, -0.15) is 0 Å². The molecule has 0 radical (unpaired) electrons. The Hall–Kier alpha value is -2.36. The van der Waals surface area contributed by atoms with Crippen LogP contribution in [0.3, 0.4) is 0 Å². The summed E-state index contributed by atoms with van der Waals surface area (Å²) in [5.74, 6) is 0.481. The molecule has 3 nitrogen and oxygen atoms in total. The smallest absolute Gasteiger partial charge is 0.174 e. The van der Waals surface area contributed by atoms with Crippen LogP contribution in [0.25, 0.3) is 0 Å². The fraction of sp³-hybridized carbons (Fsp3) is 0.188. The first-order valence-electron chi connectivity index (χ1n) is 6.14. The van der Waals surface area contributed by atoms with E-state index in [0.29, 0.717) is 17.1 Å². The van der Waals surface area contributed by atoms with Crippen molar-refractivity contribution < 1.29 is 18.7 Å². The zero-order valence-electron chi connectivity index (χ0n) is 11.4. The molecule has 0 bridgehead atoms. The molecule has 0 atom stereocenters. The van der Waals surface area contributed by atoms with Gasteiger partial charge in [0.05, 0.1) is 14.2 Å². The van der Waals surface area contributed by atoms with Gasteiger partial charge in [0, 0.05) is 6.42 Å². The number of benzene rings is 2. The van der Waals surface area contributed by atoms with E-state index in [-0.39, 0.29) is 18.0 Å². The van der Waals surface area contributed by atoms with E-state index in [1.54, 1.807) is 30.3 Å². The van der Waals surface area contributed by atoms with Gasteiger partial charge in [-0.1, -0.05) is 18.2 Å². The van der Waals surface area contributed by atoms with Crippen LogP contribution in [-0.4, -0.2) is 20.0 Å².